The van der Waals surface area contributed by atoms with E-state index < -0.39 is 34.8 Å². The van der Waals surface area contributed by atoms with Gasteiger partial charge in [0.1, 0.15) is 22.5 Å². The molecule has 0 aliphatic carbocycles. The molecule has 3 amide bonds. The molecule has 1 aliphatic heterocycles. The fourth-order valence-electron chi connectivity index (χ4n) is 3.13. The Morgan fingerprint density at radius 3 is 2.03 bits per heavy atom. The molecule has 0 atom stereocenters. The summed E-state index contributed by atoms with van der Waals surface area (Å²) in [5.41, 5.74) is -2.46. The average Bonchev–Trinajstić information content (AvgIpc) is 2.61. The summed E-state index contributed by atoms with van der Waals surface area (Å²) in [5, 5.41) is 15.4. The van der Waals surface area contributed by atoms with Gasteiger partial charge in [-0.05, 0) is 66.5 Å². The van der Waals surface area contributed by atoms with Crippen molar-refractivity contribution >= 4 is 23.8 Å². The van der Waals surface area contributed by atoms with Crippen LogP contribution in [0.2, 0.25) is 0 Å². The van der Waals surface area contributed by atoms with Crippen molar-refractivity contribution in [2.75, 3.05) is 18.4 Å². The number of ether oxygens (including phenoxy) is 2. The number of aromatic hydroxyl groups is 1. The van der Waals surface area contributed by atoms with E-state index in [2.05, 4.69) is 10.6 Å². The highest BCUT2D eigenvalue weighted by molar-refractivity contribution is 6.01. The van der Waals surface area contributed by atoms with Crippen LogP contribution in [0.1, 0.15) is 54.4 Å². The third-order valence-electron chi connectivity index (χ3n) is 4.60. The number of nitrogens with zero attached hydrogens (tertiary/aromatic N) is 1. The molecule has 3 N–H and O–H groups in total. The van der Waals surface area contributed by atoms with Gasteiger partial charge in [-0.2, -0.15) is 0 Å². The monoisotopic (exact) mass is 435 g/mol. The minimum absolute atomic E-state index is 0.0885. The number of para-hydroxylation sites is 2. The first-order chi connectivity index (χ1) is 14.2. The molecule has 1 aromatic rings. The van der Waals surface area contributed by atoms with E-state index in [9.17, 15) is 19.5 Å². The second-order valence-corrected chi connectivity index (χ2v) is 9.65. The van der Waals surface area contributed by atoms with E-state index in [4.69, 9.17) is 9.47 Å². The van der Waals surface area contributed by atoms with Gasteiger partial charge in [-0.25, -0.2) is 9.59 Å². The summed E-state index contributed by atoms with van der Waals surface area (Å²) in [7, 11) is 0. The number of carbonyl (C=O) groups excluding carboxylic acids is 3. The van der Waals surface area contributed by atoms with Gasteiger partial charge in [0.2, 0.25) is 5.91 Å². The number of anilines is 1. The number of carbonyl (C=O) groups is 3. The lowest BCUT2D eigenvalue weighted by molar-refractivity contribution is -0.124. The number of phenolic OH excluding ortho intramolecular Hbond substituents is 1. The van der Waals surface area contributed by atoms with Gasteiger partial charge in [0.05, 0.1) is 5.69 Å². The second kappa shape index (κ2) is 9.03. The highest BCUT2D eigenvalue weighted by Gasteiger charge is 2.45. The van der Waals surface area contributed by atoms with Gasteiger partial charge in [0.15, 0.2) is 0 Å². The number of rotatable bonds is 3. The Balaban J connectivity index is 2.19. The van der Waals surface area contributed by atoms with Crippen molar-refractivity contribution in [1.29, 1.82) is 0 Å². The topological polar surface area (TPSA) is 117 Å². The maximum Gasteiger partial charge on any atom is 0.410 e. The van der Waals surface area contributed by atoms with Crippen LogP contribution in [0.5, 0.6) is 5.75 Å². The molecule has 1 aromatic carbocycles. The minimum atomic E-state index is -1.32. The molecular weight excluding hydrogens is 402 g/mol. The zero-order valence-electron chi connectivity index (χ0n) is 19.1. The Kier molecular flexibility index (Phi) is 7.08. The first-order valence-corrected chi connectivity index (χ1v) is 10.3. The summed E-state index contributed by atoms with van der Waals surface area (Å²) in [5.74, 6) is -0.585. The molecule has 31 heavy (non-hydrogen) atoms. The zero-order valence-corrected chi connectivity index (χ0v) is 19.1. The Morgan fingerprint density at radius 2 is 1.52 bits per heavy atom. The number of nitrogens with one attached hydrogen (secondary N) is 2. The predicted octanol–water partition coefficient (Wildman–Crippen LogP) is 3.63. The van der Waals surface area contributed by atoms with E-state index >= 15 is 0 Å². The molecule has 9 heteroatoms. The molecule has 0 bridgehead atoms. The van der Waals surface area contributed by atoms with Crippen LogP contribution in [0, 0.1) is 0 Å². The number of likely N-dealkylation sites (tertiary alicyclic amines) is 1. The van der Waals surface area contributed by atoms with Crippen LogP contribution in [-0.4, -0.2) is 57.9 Å². The number of piperidine rings is 1. The van der Waals surface area contributed by atoms with Gasteiger partial charge < -0.3 is 30.1 Å². The Bertz CT molecular complexity index is 817. The lowest BCUT2D eigenvalue weighted by Crippen LogP contribution is -2.63. The standard InChI is InChI=1S/C22H33N3O6/c1-20(2,3)30-18(28)24-22(17(27)23-15-9-7-8-10-16(15)26)11-13-25(14-12-22)19(29)31-21(4,5)6/h7-10,26H,11-14H2,1-6H3,(H,23,27)(H,24,28). The van der Waals surface area contributed by atoms with Crippen molar-refractivity contribution in [3.05, 3.63) is 24.3 Å². The molecule has 9 nitrogen and oxygen atoms in total. The number of hydrogen-bond donors (Lipinski definition) is 3. The molecule has 1 aliphatic rings. The maximum atomic E-state index is 13.2. The summed E-state index contributed by atoms with van der Waals surface area (Å²) >= 11 is 0. The van der Waals surface area contributed by atoms with Crippen molar-refractivity contribution < 1.29 is 29.0 Å². The lowest BCUT2D eigenvalue weighted by atomic mass is 9.86. The largest absolute Gasteiger partial charge is 0.506 e. The smallest absolute Gasteiger partial charge is 0.410 e. The second-order valence-electron chi connectivity index (χ2n) is 9.65. The van der Waals surface area contributed by atoms with Crippen LogP contribution in [0.3, 0.4) is 0 Å². The summed E-state index contributed by atoms with van der Waals surface area (Å²) in [4.78, 5) is 39.6. The Hall–Kier alpha value is -2.97. The van der Waals surface area contributed by atoms with Gasteiger partial charge in [-0.15, -0.1) is 0 Å². The first-order valence-electron chi connectivity index (χ1n) is 10.3. The van der Waals surface area contributed by atoms with Crippen LogP contribution < -0.4 is 10.6 Å². The molecule has 0 unspecified atom stereocenters. The summed E-state index contributed by atoms with van der Waals surface area (Å²) in [6, 6.07) is 6.33. The predicted molar refractivity (Wildman–Crippen MR) is 116 cm³/mol. The maximum absolute atomic E-state index is 13.2. The molecule has 0 radical (unpaired) electrons. The van der Waals surface area contributed by atoms with E-state index in [1.807, 2.05) is 0 Å². The molecule has 1 heterocycles. The van der Waals surface area contributed by atoms with Crippen LogP contribution in [0.4, 0.5) is 15.3 Å². The van der Waals surface area contributed by atoms with E-state index in [0.29, 0.717) is 0 Å². The summed E-state index contributed by atoms with van der Waals surface area (Å²) in [6.07, 6.45) is -0.888. The van der Waals surface area contributed by atoms with Gasteiger partial charge in [0, 0.05) is 13.1 Å². The van der Waals surface area contributed by atoms with Crippen molar-refractivity contribution in [3.63, 3.8) is 0 Å². The molecule has 0 aromatic heterocycles. The third-order valence-corrected chi connectivity index (χ3v) is 4.60. The molecule has 0 spiro atoms. The SMILES string of the molecule is CC(C)(C)OC(=O)NC1(C(=O)Nc2ccccc2O)CCN(C(=O)OC(C)(C)C)CC1. The third kappa shape index (κ3) is 7.04. The number of amides is 3. The number of alkyl carbamates (subject to hydrolysis) is 1. The van der Waals surface area contributed by atoms with Crippen molar-refractivity contribution in [3.8, 4) is 5.75 Å². The van der Waals surface area contributed by atoms with Gasteiger partial charge in [-0.1, -0.05) is 12.1 Å². The van der Waals surface area contributed by atoms with E-state index in [1.165, 1.54) is 11.0 Å². The normalized spacial score (nSPS) is 16.3. The minimum Gasteiger partial charge on any atom is -0.506 e. The van der Waals surface area contributed by atoms with Gasteiger partial charge in [0.25, 0.3) is 0 Å². The van der Waals surface area contributed by atoms with Crippen molar-refractivity contribution in [2.45, 2.75) is 71.1 Å². The highest BCUT2D eigenvalue weighted by Crippen LogP contribution is 2.29. The number of benzene rings is 1. The Morgan fingerprint density at radius 1 is 0.968 bits per heavy atom. The fourth-order valence-corrected chi connectivity index (χ4v) is 3.13. The first kappa shape index (κ1) is 24.3. The fraction of sp³-hybridized carbons (Fsp3) is 0.591. The quantitative estimate of drug-likeness (QED) is 0.624. The number of phenols is 1. The lowest BCUT2D eigenvalue weighted by Gasteiger charge is -2.41. The van der Waals surface area contributed by atoms with Gasteiger partial charge in [-0.3, -0.25) is 4.79 Å². The van der Waals surface area contributed by atoms with Crippen LogP contribution in [0.15, 0.2) is 24.3 Å². The molecule has 172 valence electrons. The van der Waals surface area contributed by atoms with E-state index in [0.717, 1.165) is 0 Å². The molecule has 0 saturated carbocycles. The molecule has 1 fully saturated rings. The Labute approximate surface area is 183 Å². The van der Waals surface area contributed by atoms with Gasteiger partial charge >= 0.3 is 12.2 Å². The number of hydrogen-bond acceptors (Lipinski definition) is 6. The summed E-state index contributed by atoms with van der Waals surface area (Å²) in [6.45, 7) is 10.9. The molecular formula is C22H33N3O6. The van der Waals surface area contributed by atoms with Crippen LogP contribution in [-0.2, 0) is 14.3 Å². The average molecular weight is 436 g/mol. The highest BCUT2D eigenvalue weighted by atomic mass is 16.6. The zero-order chi connectivity index (χ0) is 23.4. The van der Waals surface area contributed by atoms with Crippen LogP contribution >= 0.6 is 0 Å². The van der Waals surface area contributed by atoms with Crippen molar-refractivity contribution in [2.24, 2.45) is 0 Å². The van der Waals surface area contributed by atoms with E-state index in [1.54, 1.807) is 59.7 Å². The molecule has 2 rings (SSSR count). The van der Waals surface area contributed by atoms with Crippen LogP contribution in [0.25, 0.3) is 0 Å². The summed E-state index contributed by atoms with van der Waals surface area (Å²) < 4.78 is 10.8. The van der Waals surface area contributed by atoms with E-state index in [-0.39, 0.29) is 37.4 Å². The van der Waals surface area contributed by atoms with Crippen molar-refractivity contribution in [1.82, 2.24) is 10.2 Å². The molecule has 1 saturated heterocycles.